The second-order valence-corrected chi connectivity index (χ2v) is 5.78. The summed E-state index contributed by atoms with van der Waals surface area (Å²) in [5, 5.41) is 2.93. The van der Waals surface area contributed by atoms with E-state index in [1.165, 1.54) is 23.3 Å². The lowest BCUT2D eigenvalue weighted by Gasteiger charge is -2.11. The average Bonchev–Trinajstić information content (AvgIpc) is 2.82. The van der Waals surface area contributed by atoms with Gasteiger partial charge in [0.25, 0.3) is 5.91 Å². The van der Waals surface area contributed by atoms with Gasteiger partial charge in [-0.25, -0.2) is 0 Å². The van der Waals surface area contributed by atoms with E-state index >= 15 is 0 Å². The highest BCUT2D eigenvalue weighted by Crippen LogP contribution is 2.39. The van der Waals surface area contributed by atoms with Crippen LogP contribution in [0.2, 0.25) is 0 Å². The van der Waals surface area contributed by atoms with Crippen molar-refractivity contribution >= 4 is 17.2 Å². The number of ether oxygens (including phenoxy) is 2. The molecule has 0 aliphatic heterocycles. The van der Waals surface area contributed by atoms with Gasteiger partial charge >= 0.3 is 0 Å². The molecule has 106 valence electrons. The minimum Gasteiger partial charge on any atom is -0.495 e. The number of methoxy groups -OCH3 is 2. The number of amides is 1. The van der Waals surface area contributed by atoms with Gasteiger partial charge in [0.05, 0.1) is 7.11 Å². The summed E-state index contributed by atoms with van der Waals surface area (Å²) in [6, 6.07) is 0. The first-order valence-corrected chi connectivity index (χ1v) is 7.55. The predicted octanol–water partition coefficient (Wildman–Crippen LogP) is 2.40. The molecule has 19 heavy (non-hydrogen) atoms. The molecule has 1 heterocycles. The number of rotatable bonds is 6. The Morgan fingerprint density at radius 3 is 2.84 bits per heavy atom. The summed E-state index contributed by atoms with van der Waals surface area (Å²) in [4.78, 5) is 14.2. The van der Waals surface area contributed by atoms with Gasteiger partial charge in [0.15, 0.2) is 0 Å². The highest BCUT2D eigenvalue weighted by Gasteiger charge is 2.24. The van der Waals surface area contributed by atoms with Crippen molar-refractivity contribution in [2.75, 3.05) is 27.4 Å². The second kappa shape index (κ2) is 6.91. The van der Waals surface area contributed by atoms with Gasteiger partial charge in [-0.15, -0.1) is 11.3 Å². The summed E-state index contributed by atoms with van der Waals surface area (Å²) in [5.41, 5.74) is 1.25. The van der Waals surface area contributed by atoms with Gasteiger partial charge in [-0.1, -0.05) is 0 Å². The SMILES string of the molecule is COCCCNC(=O)c1sc2c(c1OC)CCCC2. The quantitative estimate of drug-likeness (QED) is 0.816. The molecule has 0 bridgehead atoms. The van der Waals surface area contributed by atoms with Crippen LogP contribution in [0.15, 0.2) is 0 Å². The van der Waals surface area contributed by atoms with Crippen LogP contribution in [0.3, 0.4) is 0 Å². The molecule has 0 aromatic carbocycles. The van der Waals surface area contributed by atoms with Crippen LogP contribution in [0.25, 0.3) is 0 Å². The Labute approximate surface area is 118 Å². The summed E-state index contributed by atoms with van der Waals surface area (Å²) in [5.74, 6) is 0.774. The van der Waals surface area contributed by atoms with Crippen LogP contribution in [-0.4, -0.2) is 33.3 Å². The lowest BCUT2D eigenvalue weighted by atomic mass is 9.98. The Hall–Kier alpha value is -1.07. The molecule has 0 saturated carbocycles. The molecule has 1 aliphatic rings. The van der Waals surface area contributed by atoms with Gasteiger partial charge in [0, 0.05) is 30.7 Å². The molecule has 4 nitrogen and oxygen atoms in total. The van der Waals surface area contributed by atoms with Crippen molar-refractivity contribution in [3.8, 4) is 5.75 Å². The van der Waals surface area contributed by atoms with Crippen LogP contribution in [-0.2, 0) is 17.6 Å². The molecule has 2 rings (SSSR count). The molecule has 1 aromatic rings. The molecule has 0 saturated heterocycles. The topological polar surface area (TPSA) is 47.6 Å². The van der Waals surface area contributed by atoms with Gasteiger partial charge < -0.3 is 14.8 Å². The number of hydrogen-bond acceptors (Lipinski definition) is 4. The Morgan fingerprint density at radius 1 is 1.32 bits per heavy atom. The molecule has 5 heteroatoms. The Balaban J connectivity index is 2.06. The van der Waals surface area contributed by atoms with E-state index in [-0.39, 0.29) is 5.91 Å². The van der Waals surface area contributed by atoms with E-state index in [1.54, 1.807) is 25.6 Å². The molecule has 0 radical (unpaired) electrons. The van der Waals surface area contributed by atoms with E-state index < -0.39 is 0 Å². The lowest BCUT2D eigenvalue weighted by Crippen LogP contribution is -2.24. The first-order valence-electron chi connectivity index (χ1n) is 6.73. The predicted molar refractivity (Wildman–Crippen MR) is 76.3 cm³/mol. The fourth-order valence-corrected chi connectivity index (χ4v) is 3.68. The van der Waals surface area contributed by atoms with E-state index in [9.17, 15) is 4.79 Å². The Bertz CT molecular complexity index is 442. The van der Waals surface area contributed by atoms with Crippen LogP contribution in [0.1, 0.15) is 39.4 Å². The normalized spacial score (nSPS) is 14.0. The summed E-state index contributed by atoms with van der Waals surface area (Å²) >= 11 is 1.59. The number of aryl methyl sites for hydroxylation is 1. The molecule has 1 N–H and O–H groups in total. The van der Waals surface area contributed by atoms with Crippen molar-refractivity contribution in [3.05, 3.63) is 15.3 Å². The maximum Gasteiger partial charge on any atom is 0.265 e. The number of carbonyl (C=O) groups excluding carboxylic acids is 1. The van der Waals surface area contributed by atoms with E-state index in [0.29, 0.717) is 13.2 Å². The Kier molecular flexibility index (Phi) is 5.22. The van der Waals surface area contributed by atoms with Gasteiger partial charge in [0.2, 0.25) is 0 Å². The number of fused-ring (bicyclic) bond motifs is 1. The maximum atomic E-state index is 12.2. The van der Waals surface area contributed by atoms with Crippen molar-refractivity contribution in [2.45, 2.75) is 32.1 Å². The summed E-state index contributed by atoms with van der Waals surface area (Å²) in [7, 11) is 3.32. The lowest BCUT2D eigenvalue weighted by molar-refractivity contribution is 0.0950. The van der Waals surface area contributed by atoms with E-state index in [4.69, 9.17) is 9.47 Å². The first-order chi connectivity index (χ1) is 9.27. The molecule has 1 amide bonds. The van der Waals surface area contributed by atoms with Gasteiger partial charge in [-0.3, -0.25) is 4.79 Å². The number of thiophene rings is 1. The van der Waals surface area contributed by atoms with Crippen LogP contribution >= 0.6 is 11.3 Å². The number of nitrogens with one attached hydrogen (secondary N) is 1. The first kappa shape index (κ1) is 14.3. The van der Waals surface area contributed by atoms with Gasteiger partial charge in [-0.05, 0) is 32.1 Å². The molecule has 0 spiro atoms. The van der Waals surface area contributed by atoms with Crippen molar-refractivity contribution in [1.82, 2.24) is 5.32 Å². The molecular weight excluding hydrogens is 262 g/mol. The smallest absolute Gasteiger partial charge is 0.265 e. The fraction of sp³-hybridized carbons (Fsp3) is 0.643. The molecule has 0 unspecified atom stereocenters. The van der Waals surface area contributed by atoms with Crippen molar-refractivity contribution in [1.29, 1.82) is 0 Å². The standard InChI is InChI=1S/C14H21NO3S/c1-17-9-5-8-15-14(16)13-12(18-2)10-6-3-4-7-11(10)19-13/h3-9H2,1-2H3,(H,15,16). The number of carbonyl (C=O) groups is 1. The third-order valence-electron chi connectivity index (χ3n) is 3.34. The molecule has 1 aromatic heterocycles. The van der Waals surface area contributed by atoms with Crippen LogP contribution < -0.4 is 10.1 Å². The van der Waals surface area contributed by atoms with Gasteiger partial charge in [-0.2, -0.15) is 0 Å². The second-order valence-electron chi connectivity index (χ2n) is 4.68. The van der Waals surface area contributed by atoms with E-state index in [1.807, 2.05) is 0 Å². The minimum absolute atomic E-state index is 0.0210. The fourth-order valence-electron chi connectivity index (χ4n) is 2.40. The maximum absolute atomic E-state index is 12.2. The van der Waals surface area contributed by atoms with Gasteiger partial charge in [0.1, 0.15) is 10.6 Å². The van der Waals surface area contributed by atoms with Crippen molar-refractivity contribution in [3.63, 3.8) is 0 Å². The minimum atomic E-state index is -0.0210. The van der Waals surface area contributed by atoms with Crippen LogP contribution in [0, 0.1) is 0 Å². The third kappa shape index (κ3) is 3.28. The average molecular weight is 283 g/mol. The zero-order valence-corrected chi connectivity index (χ0v) is 12.4. The molecule has 0 fully saturated rings. The van der Waals surface area contributed by atoms with Crippen LogP contribution in [0.4, 0.5) is 0 Å². The summed E-state index contributed by atoms with van der Waals surface area (Å²) in [6.45, 7) is 1.30. The molecular formula is C14H21NO3S. The highest BCUT2D eigenvalue weighted by atomic mass is 32.1. The largest absolute Gasteiger partial charge is 0.495 e. The van der Waals surface area contributed by atoms with E-state index in [2.05, 4.69) is 5.32 Å². The number of hydrogen-bond donors (Lipinski definition) is 1. The summed E-state index contributed by atoms with van der Waals surface area (Å²) < 4.78 is 10.4. The molecule has 1 aliphatic carbocycles. The highest BCUT2D eigenvalue weighted by molar-refractivity contribution is 7.14. The zero-order chi connectivity index (χ0) is 13.7. The monoisotopic (exact) mass is 283 g/mol. The van der Waals surface area contributed by atoms with Crippen LogP contribution in [0.5, 0.6) is 5.75 Å². The third-order valence-corrected chi connectivity index (χ3v) is 4.62. The Morgan fingerprint density at radius 2 is 2.11 bits per heavy atom. The molecule has 0 atom stereocenters. The van der Waals surface area contributed by atoms with Crippen molar-refractivity contribution < 1.29 is 14.3 Å². The zero-order valence-electron chi connectivity index (χ0n) is 11.6. The summed E-state index contributed by atoms with van der Waals surface area (Å²) in [6.07, 6.45) is 5.34. The van der Waals surface area contributed by atoms with E-state index in [0.717, 1.165) is 29.9 Å². The van der Waals surface area contributed by atoms with Crippen molar-refractivity contribution in [2.24, 2.45) is 0 Å².